The molecule has 0 spiro atoms. The second-order valence-electron chi connectivity index (χ2n) is 3.30. The standard InChI is InChI=1S/C10H10Cl2N2O3/c1-14(5-9(15)16)10(17)13-8-4-6(11)2-3-7(8)12/h2-4H,5H2,1H3,(H,13,17)(H,15,16). The molecule has 2 amide bonds. The SMILES string of the molecule is CN(CC(=O)O)C(=O)Nc1cc(Cl)ccc1Cl. The van der Waals surface area contributed by atoms with Crippen molar-refractivity contribution < 1.29 is 14.7 Å². The number of carbonyl (C=O) groups excluding carboxylic acids is 1. The zero-order valence-electron chi connectivity index (χ0n) is 8.91. The first-order valence-electron chi connectivity index (χ1n) is 4.59. The number of nitrogens with one attached hydrogen (secondary N) is 1. The maximum atomic E-state index is 11.6. The molecule has 0 aliphatic heterocycles. The first-order valence-corrected chi connectivity index (χ1v) is 5.34. The summed E-state index contributed by atoms with van der Waals surface area (Å²) in [5.41, 5.74) is 0.335. The minimum Gasteiger partial charge on any atom is -0.480 e. The Labute approximate surface area is 108 Å². The quantitative estimate of drug-likeness (QED) is 0.891. The number of carboxylic acid groups (broad SMARTS) is 1. The summed E-state index contributed by atoms with van der Waals surface area (Å²) in [6, 6.07) is 4.03. The van der Waals surface area contributed by atoms with Gasteiger partial charge in [-0.1, -0.05) is 23.2 Å². The van der Waals surface area contributed by atoms with Gasteiger partial charge in [0.05, 0.1) is 10.7 Å². The number of nitrogens with zero attached hydrogens (tertiary/aromatic N) is 1. The molecule has 7 heteroatoms. The van der Waals surface area contributed by atoms with Crippen molar-refractivity contribution >= 4 is 40.9 Å². The summed E-state index contributed by atoms with van der Waals surface area (Å²) in [6.07, 6.45) is 0. The fourth-order valence-electron chi connectivity index (χ4n) is 1.08. The normalized spacial score (nSPS) is 9.82. The molecule has 0 aliphatic rings. The van der Waals surface area contributed by atoms with Crippen LogP contribution >= 0.6 is 23.2 Å². The van der Waals surface area contributed by atoms with Crippen LogP contribution in [0.2, 0.25) is 10.0 Å². The third-order valence-electron chi connectivity index (χ3n) is 1.89. The lowest BCUT2D eigenvalue weighted by atomic mass is 10.3. The van der Waals surface area contributed by atoms with E-state index >= 15 is 0 Å². The smallest absolute Gasteiger partial charge is 0.323 e. The number of carboxylic acids is 1. The Hall–Kier alpha value is -1.46. The van der Waals surface area contributed by atoms with Crippen molar-refractivity contribution in [1.29, 1.82) is 0 Å². The van der Waals surface area contributed by atoms with Gasteiger partial charge < -0.3 is 15.3 Å². The lowest BCUT2D eigenvalue weighted by Crippen LogP contribution is -2.35. The minimum atomic E-state index is -1.10. The van der Waals surface area contributed by atoms with Crippen LogP contribution in [0, 0.1) is 0 Å². The molecule has 0 aromatic heterocycles. The van der Waals surface area contributed by atoms with Crippen molar-refractivity contribution in [1.82, 2.24) is 4.90 Å². The predicted molar refractivity (Wildman–Crippen MR) is 65.7 cm³/mol. The van der Waals surface area contributed by atoms with E-state index in [-0.39, 0.29) is 0 Å². The van der Waals surface area contributed by atoms with Crippen LogP contribution in [0.5, 0.6) is 0 Å². The van der Waals surface area contributed by atoms with Crippen LogP contribution in [0.15, 0.2) is 18.2 Å². The highest BCUT2D eigenvalue weighted by Gasteiger charge is 2.13. The van der Waals surface area contributed by atoms with Gasteiger partial charge in [-0.2, -0.15) is 0 Å². The summed E-state index contributed by atoms with van der Waals surface area (Å²) in [5, 5.41) is 11.7. The number of likely N-dealkylation sites (N-methyl/N-ethyl adjacent to an activating group) is 1. The zero-order valence-corrected chi connectivity index (χ0v) is 10.4. The van der Waals surface area contributed by atoms with Crippen LogP contribution in [0.1, 0.15) is 0 Å². The van der Waals surface area contributed by atoms with Crippen LogP contribution in [-0.4, -0.2) is 35.6 Å². The maximum Gasteiger partial charge on any atom is 0.323 e. The number of amides is 2. The molecule has 0 unspecified atom stereocenters. The van der Waals surface area contributed by atoms with E-state index in [9.17, 15) is 9.59 Å². The molecule has 0 heterocycles. The van der Waals surface area contributed by atoms with E-state index in [1.54, 1.807) is 6.07 Å². The van der Waals surface area contributed by atoms with Crippen LogP contribution in [0.25, 0.3) is 0 Å². The zero-order chi connectivity index (χ0) is 13.0. The molecule has 0 bridgehead atoms. The van der Waals surface area contributed by atoms with E-state index in [4.69, 9.17) is 28.3 Å². The van der Waals surface area contributed by atoms with Gasteiger partial charge in [0.2, 0.25) is 0 Å². The average Bonchev–Trinajstić information content (AvgIpc) is 2.22. The van der Waals surface area contributed by atoms with Gasteiger partial charge in [-0.25, -0.2) is 4.79 Å². The van der Waals surface area contributed by atoms with Crippen molar-refractivity contribution in [3.63, 3.8) is 0 Å². The number of rotatable bonds is 3. The third-order valence-corrected chi connectivity index (χ3v) is 2.45. The fraction of sp³-hybridized carbons (Fsp3) is 0.200. The Morgan fingerprint density at radius 2 is 2.06 bits per heavy atom. The van der Waals surface area contributed by atoms with Gasteiger partial charge in [0, 0.05) is 12.1 Å². The second-order valence-corrected chi connectivity index (χ2v) is 4.15. The van der Waals surface area contributed by atoms with Gasteiger partial charge in [-0.15, -0.1) is 0 Å². The summed E-state index contributed by atoms with van der Waals surface area (Å²) >= 11 is 11.6. The number of benzene rings is 1. The van der Waals surface area contributed by atoms with E-state index in [1.165, 1.54) is 19.2 Å². The van der Waals surface area contributed by atoms with Crippen LogP contribution in [0.4, 0.5) is 10.5 Å². The van der Waals surface area contributed by atoms with Crippen LogP contribution < -0.4 is 5.32 Å². The topological polar surface area (TPSA) is 69.6 Å². The van der Waals surface area contributed by atoms with Gasteiger partial charge in [0.25, 0.3) is 0 Å². The summed E-state index contributed by atoms with van der Waals surface area (Å²) in [5.74, 6) is -1.10. The van der Waals surface area contributed by atoms with Gasteiger partial charge in [0.15, 0.2) is 0 Å². The number of hydrogen-bond donors (Lipinski definition) is 2. The molecular formula is C10H10Cl2N2O3. The number of urea groups is 1. The summed E-state index contributed by atoms with van der Waals surface area (Å²) < 4.78 is 0. The second kappa shape index (κ2) is 5.75. The molecule has 1 aromatic rings. The minimum absolute atomic E-state index is 0.325. The van der Waals surface area contributed by atoms with Crippen molar-refractivity contribution in [2.24, 2.45) is 0 Å². The number of halogens is 2. The number of carbonyl (C=O) groups is 2. The molecular weight excluding hydrogens is 267 g/mol. The van der Waals surface area contributed by atoms with Crippen LogP contribution in [-0.2, 0) is 4.79 Å². The molecule has 0 atom stereocenters. The van der Waals surface area contributed by atoms with E-state index < -0.39 is 18.5 Å². The van der Waals surface area contributed by atoms with Crippen molar-refractivity contribution in [3.05, 3.63) is 28.2 Å². The number of hydrogen-bond acceptors (Lipinski definition) is 2. The molecule has 2 N–H and O–H groups in total. The number of anilines is 1. The number of aliphatic carboxylic acids is 1. The fourth-order valence-corrected chi connectivity index (χ4v) is 1.42. The molecule has 0 radical (unpaired) electrons. The molecule has 0 saturated heterocycles. The van der Waals surface area contributed by atoms with E-state index in [0.29, 0.717) is 15.7 Å². The first-order chi connectivity index (χ1) is 7.90. The monoisotopic (exact) mass is 276 g/mol. The van der Waals surface area contributed by atoms with Crippen molar-refractivity contribution in [2.75, 3.05) is 18.9 Å². The molecule has 0 fully saturated rings. The van der Waals surface area contributed by atoms with E-state index in [0.717, 1.165) is 4.90 Å². The lowest BCUT2D eigenvalue weighted by Gasteiger charge is -2.16. The summed E-state index contributed by atoms with van der Waals surface area (Å²) in [4.78, 5) is 23.0. The lowest BCUT2D eigenvalue weighted by molar-refractivity contribution is -0.137. The van der Waals surface area contributed by atoms with Gasteiger partial charge >= 0.3 is 12.0 Å². The van der Waals surface area contributed by atoms with Gasteiger partial charge in [-0.3, -0.25) is 4.79 Å². The molecule has 0 saturated carbocycles. The van der Waals surface area contributed by atoms with Gasteiger partial charge in [0.1, 0.15) is 6.54 Å². The Balaban J connectivity index is 2.73. The molecule has 17 heavy (non-hydrogen) atoms. The summed E-state index contributed by atoms with van der Waals surface area (Å²) in [6.45, 7) is -0.399. The summed E-state index contributed by atoms with van der Waals surface area (Å²) in [7, 11) is 1.36. The molecule has 0 aliphatic carbocycles. The highest BCUT2D eigenvalue weighted by Crippen LogP contribution is 2.25. The Bertz CT molecular complexity index is 451. The first kappa shape index (κ1) is 13.6. The largest absolute Gasteiger partial charge is 0.480 e. The maximum absolute atomic E-state index is 11.6. The van der Waals surface area contributed by atoms with E-state index in [1.807, 2.05) is 0 Å². The van der Waals surface area contributed by atoms with Gasteiger partial charge in [-0.05, 0) is 18.2 Å². The van der Waals surface area contributed by atoms with E-state index in [2.05, 4.69) is 5.32 Å². The Kier molecular flexibility index (Phi) is 4.60. The predicted octanol–water partition coefficient (Wildman–Crippen LogP) is 2.54. The van der Waals surface area contributed by atoms with Crippen LogP contribution in [0.3, 0.4) is 0 Å². The van der Waals surface area contributed by atoms with Crippen molar-refractivity contribution in [2.45, 2.75) is 0 Å². The highest BCUT2D eigenvalue weighted by atomic mass is 35.5. The molecule has 92 valence electrons. The molecule has 1 aromatic carbocycles. The van der Waals surface area contributed by atoms with Crippen molar-refractivity contribution in [3.8, 4) is 0 Å². The average molecular weight is 277 g/mol. The molecule has 1 rings (SSSR count). The Morgan fingerprint density at radius 1 is 1.41 bits per heavy atom. The Morgan fingerprint density at radius 3 is 2.65 bits per heavy atom. The molecule has 5 nitrogen and oxygen atoms in total. The third kappa shape index (κ3) is 4.13. The highest BCUT2D eigenvalue weighted by molar-refractivity contribution is 6.35.